The fourth-order valence-electron chi connectivity index (χ4n) is 4.61. The lowest BCUT2D eigenvalue weighted by molar-refractivity contribution is 0.203. The molecule has 1 aromatic heterocycles. The summed E-state index contributed by atoms with van der Waals surface area (Å²) < 4.78 is 15.2. The topological polar surface area (TPSA) is 64.2 Å². The Bertz CT molecular complexity index is 969. The second-order valence-electron chi connectivity index (χ2n) is 7.96. The van der Waals surface area contributed by atoms with Crippen molar-refractivity contribution in [3.05, 3.63) is 38.6 Å². The van der Waals surface area contributed by atoms with E-state index in [4.69, 9.17) is 28.9 Å². The summed E-state index contributed by atoms with van der Waals surface area (Å²) in [5.74, 6) is 0.668. The van der Waals surface area contributed by atoms with Gasteiger partial charge in [-0.1, -0.05) is 35.3 Å². The summed E-state index contributed by atoms with van der Waals surface area (Å²) in [5.41, 5.74) is 6.75. The molecule has 0 unspecified atom stereocenters. The molecule has 2 heterocycles. The molecule has 2 fully saturated rings. The summed E-state index contributed by atoms with van der Waals surface area (Å²) in [6, 6.07) is 5.09. The highest BCUT2D eigenvalue weighted by atomic mass is 35.5. The van der Waals surface area contributed by atoms with Crippen LogP contribution in [-0.4, -0.2) is 28.8 Å². The van der Waals surface area contributed by atoms with E-state index in [1.807, 2.05) is 0 Å². The highest BCUT2D eigenvalue weighted by Crippen LogP contribution is 2.47. The number of piperidine rings is 1. The molecule has 2 aliphatic rings. The smallest absolute Gasteiger partial charge is 0.264 e. The van der Waals surface area contributed by atoms with Crippen LogP contribution in [0.3, 0.4) is 0 Å². The summed E-state index contributed by atoms with van der Waals surface area (Å²) >= 11 is 12.4. The first-order valence-electron chi connectivity index (χ1n) is 9.51. The zero-order chi connectivity index (χ0) is 20.1. The van der Waals surface area contributed by atoms with Crippen LogP contribution < -0.4 is 16.2 Å². The molecule has 2 aromatic rings. The Kier molecular flexibility index (Phi) is 5.04. The van der Waals surface area contributed by atoms with Gasteiger partial charge in [-0.2, -0.15) is 4.98 Å². The first-order chi connectivity index (χ1) is 13.3. The van der Waals surface area contributed by atoms with Crippen LogP contribution >= 0.6 is 23.2 Å². The number of anilines is 2. The van der Waals surface area contributed by atoms with Crippen molar-refractivity contribution in [3.63, 3.8) is 0 Å². The van der Waals surface area contributed by atoms with E-state index in [2.05, 4.69) is 9.88 Å². The van der Waals surface area contributed by atoms with Crippen LogP contribution in [0.25, 0.3) is 11.1 Å². The number of halogens is 3. The summed E-state index contributed by atoms with van der Waals surface area (Å²) in [4.78, 5) is 19.7. The molecule has 2 N–H and O–H groups in total. The monoisotopic (exact) mass is 424 g/mol. The quantitative estimate of drug-likeness (QED) is 0.773. The van der Waals surface area contributed by atoms with Crippen LogP contribution in [0, 0.1) is 5.41 Å². The number of hydrogen-bond acceptors (Lipinski definition) is 4. The maximum atomic E-state index is 13.7. The largest absolute Gasteiger partial charge is 0.383 e. The van der Waals surface area contributed by atoms with Crippen LogP contribution in [0.15, 0.2) is 23.0 Å². The zero-order valence-electron chi connectivity index (χ0n) is 15.7. The molecule has 1 atom stereocenters. The van der Waals surface area contributed by atoms with Gasteiger partial charge in [0, 0.05) is 25.7 Å². The van der Waals surface area contributed by atoms with Crippen LogP contribution in [0.4, 0.5) is 16.2 Å². The predicted molar refractivity (Wildman–Crippen MR) is 112 cm³/mol. The number of benzene rings is 1. The van der Waals surface area contributed by atoms with Crippen molar-refractivity contribution in [2.24, 2.45) is 12.5 Å². The van der Waals surface area contributed by atoms with E-state index in [1.54, 1.807) is 25.2 Å². The molecule has 1 spiro atoms. The SMILES string of the molecule is Cn1c(N2CCC3(CC[C@@H](F)C3)CC2)nc(N)c(-c2cccc(Cl)c2Cl)c1=O. The van der Waals surface area contributed by atoms with Crippen molar-refractivity contribution < 1.29 is 4.39 Å². The predicted octanol–water partition coefficient (Wildman–Crippen LogP) is 4.44. The standard InChI is InChI=1S/C20H23Cl2FN4O/c1-26-18(28)15(13-3-2-4-14(21)16(13)22)17(24)25-19(26)27-9-7-20(8-10-27)6-5-12(23)11-20/h2-4,12H,5-11,24H2,1H3/t12-/m1/s1. The summed E-state index contributed by atoms with van der Waals surface area (Å²) in [6.45, 7) is 1.48. The third kappa shape index (κ3) is 3.26. The first kappa shape index (κ1) is 19.5. The lowest BCUT2D eigenvalue weighted by Crippen LogP contribution is -2.42. The number of aromatic nitrogens is 2. The number of nitrogens with two attached hydrogens (primary N) is 1. The molecule has 5 nitrogen and oxygen atoms in total. The minimum Gasteiger partial charge on any atom is -0.383 e. The number of nitrogen functional groups attached to an aromatic ring is 1. The van der Waals surface area contributed by atoms with E-state index < -0.39 is 6.17 Å². The van der Waals surface area contributed by atoms with Gasteiger partial charge in [-0.15, -0.1) is 0 Å². The Balaban J connectivity index is 1.66. The molecular formula is C20H23Cl2FN4O. The second kappa shape index (κ2) is 7.23. The maximum Gasteiger partial charge on any atom is 0.264 e. The summed E-state index contributed by atoms with van der Waals surface area (Å²) in [5, 5.41) is 0.637. The first-order valence-corrected chi connectivity index (χ1v) is 10.3. The minimum atomic E-state index is -0.675. The van der Waals surface area contributed by atoms with Crippen molar-refractivity contribution in [2.45, 2.75) is 38.3 Å². The van der Waals surface area contributed by atoms with Crippen molar-refractivity contribution in [1.82, 2.24) is 9.55 Å². The third-order valence-electron chi connectivity index (χ3n) is 6.27. The Morgan fingerprint density at radius 2 is 1.96 bits per heavy atom. The zero-order valence-corrected chi connectivity index (χ0v) is 17.2. The third-order valence-corrected chi connectivity index (χ3v) is 7.08. The molecule has 0 bridgehead atoms. The molecule has 1 saturated heterocycles. The van der Waals surface area contributed by atoms with Gasteiger partial charge in [0.25, 0.3) is 5.56 Å². The lowest BCUT2D eigenvalue weighted by atomic mass is 9.77. The normalized spacial score (nSPS) is 21.4. The van der Waals surface area contributed by atoms with Gasteiger partial charge in [-0.3, -0.25) is 9.36 Å². The molecule has 0 radical (unpaired) electrons. The Labute approximate surface area is 173 Å². The van der Waals surface area contributed by atoms with Gasteiger partial charge in [0.2, 0.25) is 5.95 Å². The Morgan fingerprint density at radius 3 is 2.61 bits per heavy atom. The van der Waals surface area contributed by atoms with E-state index in [0.717, 1.165) is 32.4 Å². The van der Waals surface area contributed by atoms with Gasteiger partial charge in [-0.25, -0.2) is 4.39 Å². The number of hydrogen-bond donors (Lipinski definition) is 1. The molecule has 150 valence electrons. The van der Waals surface area contributed by atoms with Crippen molar-refractivity contribution in [1.29, 1.82) is 0 Å². The van der Waals surface area contributed by atoms with Crippen LogP contribution in [-0.2, 0) is 7.05 Å². The molecule has 1 saturated carbocycles. The van der Waals surface area contributed by atoms with Gasteiger partial charge < -0.3 is 10.6 Å². The van der Waals surface area contributed by atoms with Crippen LogP contribution in [0.2, 0.25) is 10.0 Å². The fourth-order valence-corrected chi connectivity index (χ4v) is 5.01. The van der Waals surface area contributed by atoms with E-state index in [-0.39, 0.29) is 27.4 Å². The van der Waals surface area contributed by atoms with Gasteiger partial charge >= 0.3 is 0 Å². The van der Waals surface area contributed by atoms with Crippen molar-refractivity contribution in [3.8, 4) is 11.1 Å². The van der Waals surface area contributed by atoms with Crippen molar-refractivity contribution in [2.75, 3.05) is 23.7 Å². The van der Waals surface area contributed by atoms with E-state index in [9.17, 15) is 9.18 Å². The Morgan fingerprint density at radius 1 is 1.25 bits per heavy atom. The van der Waals surface area contributed by atoms with Gasteiger partial charge in [-0.05, 0) is 43.6 Å². The molecule has 1 aromatic carbocycles. The molecule has 8 heteroatoms. The van der Waals surface area contributed by atoms with Crippen molar-refractivity contribution >= 4 is 35.0 Å². The maximum absolute atomic E-state index is 13.7. The number of rotatable bonds is 2. The molecule has 1 aliphatic heterocycles. The van der Waals surface area contributed by atoms with E-state index in [0.29, 0.717) is 29.4 Å². The molecule has 0 amide bonds. The highest BCUT2D eigenvalue weighted by Gasteiger charge is 2.42. The highest BCUT2D eigenvalue weighted by molar-refractivity contribution is 6.43. The molecule has 4 rings (SSSR count). The minimum absolute atomic E-state index is 0.106. The van der Waals surface area contributed by atoms with Gasteiger partial charge in [0.05, 0.1) is 15.6 Å². The number of nitrogens with zero attached hydrogens (tertiary/aromatic N) is 3. The average molecular weight is 425 g/mol. The van der Waals surface area contributed by atoms with Crippen LogP contribution in [0.5, 0.6) is 0 Å². The van der Waals surface area contributed by atoms with Gasteiger partial charge in [0.1, 0.15) is 12.0 Å². The van der Waals surface area contributed by atoms with Crippen LogP contribution in [0.1, 0.15) is 32.1 Å². The Hall–Kier alpha value is -1.79. The average Bonchev–Trinajstić information content (AvgIpc) is 3.03. The summed E-state index contributed by atoms with van der Waals surface area (Å²) in [6.07, 6.45) is 3.41. The molecule has 28 heavy (non-hydrogen) atoms. The second-order valence-corrected chi connectivity index (χ2v) is 8.75. The van der Waals surface area contributed by atoms with E-state index in [1.165, 1.54) is 4.57 Å². The fraction of sp³-hybridized carbons (Fsp3) is 0.500. The lowest BCUT2D eigenvalue weighted by Gasteiger charge is -2.40. The van der Waals surface area contributed by atoms with Gasteiger partial charge in [0.15, 0.2) is 0 Å². The summed E-state index contributed by atoms with van der Waals surface area (Å²) in [7, 11) is 1.68. The molecular weight excluding hydrogens is 402 g/mol. The molecule has 1 aliphatic carbocycles. The van der Waals surface area contributed by atoms with E-state index >= 15 is 0 Å². The number of alkyl halides is 1.